The molecule has 0 aliphatic carbocycles. The number of hydrogen-bond donors (Lipinski definition) is 2. The van der Waals surface area contributed by atoms with E-state index in [0.29, 0.717) is 22.0 Å². The predicted molar refractivity (Wildman–Crippen MR) is 97.5 cm³/mol. The van der Waals surface area contributed by atoms with Crippen molar-refractivity contribution in [2.24, 2.45) is 0 Å². The number of carbonyl (C=O) groups excluding carboxylic acids is 2. The molecule has 1 heterocycles. The van der Waals surface area contributed by atoms with E-state index >= 15 is 0 Å². The van der Waals surface area contributed by atoms with Crippen LogP contribution < -0.4 is 10.6 Å². The monoisotopic (exact) mass is 374 g/mol. The summed E-state index contributed by atoms with van der Waals surface area (Å²) >= 11 is 12.1. The van der Waals surface area contributed by atoms with E-state index in [9.17, 15) is 9.59 Å². The van der Waals surface area contributed by atoms with E-state index in [-0.39, 0.29) is 16.7 Å². The molecular formula is C18H12Cl2N2O3. The Hall–Kier alpha value is -2.76. The average Bonchev–Trinajstić information content (AvgIpc) is 3.12. The zero-order valence-electron chi connectivity index (χ0n) is 12.8. The van der Waals surface area contributed by atoms with Gasteiger partial charge in [0.1, 0.15) is 0 Å². The molecule has 0 atom stereocenters. The third-order valence-electron chi connectivity index (χ3n) is 3.31. The first-order valence-corrected chi connectivity index (χ1v) is 8.00. The smallest absolute Gasteiger partial charge is 0.291 e. The first kappa shape index (κ1) is 17.1. The number of anilines is 2. The fraction of sp³-hybridized carbons (Fsp3) is 0. The molecular weight excluding hydrogens is 363 g/mol. The number of nitrogens with one attached hydrogen (secondary N) is 2. The van der Waals surface area contributed by atoms with Crippen molar-refractivity contribution in [2.45, 2.75) is 0 Å². The lowest BCUT2D eigenvalue weighted by molar-refractivity contribution is 0.0994. The number of halogens is 2. The maximum Gasteiger partial charge on any atom is 0.291 e. The highest BCUT2D eigenvalue weighted by Gasteiger charge is 2.12. The summed E-state index contributed by atoms with van der Waals surface area (Å²) in [6.07, 6.45) is 1.41. The van der Waals surface area contributed by atoms with E-state index in [2.05, 4.69) is 10.6 Å². The average molecular weight is 375 g/mol. The second-order valence-corrected chi connectivity index (χ2v) is 5.93. The number of furan rings is 1. The largest absolute Gasteiger partial charge is 0.459 e. The lowest BCUT2D eigenvalue weighted by Gasteiger charge is -2.09. The molecule has 1 aromatic heterocycles. The van der Waals surface area contributed by atoms with Crippen LogP contribution in [0.25, 0.3) is 0 Å². The van der Waals surface area contributed by atoms with Crippen LogP contribution in [0.15, 0.2) is 65.3 Å². The number of hydrogen-bond acceptors (Lipinski definition) is 3. The van der Waals surface area contributed by atoms with E-state index in [1.54, 1.807) is 54.6 Å². The summed E-state index contributed by atoms with van der Waals surface area (Å²) in [4.78, 5) is 24.2. The van der Waals surface area contributed by atoms with Gasteiger partial charge in [0, 0.05) is 16.3 Å². The van der Waals surface area contributed by atoms with Gasteiger partial charge in [-0.2, -0.15) is 0 Å². The van der Waals surface area contributed by atoms with Crippen LogP contribution in [0.4, 0.5) is 11.4 Å². The first-order valence-electron chi connectivity index (χ1n) is 7.24. The van der Waals surface area contributed by atoms with Crippen LogP contribution in [-0.4, -0.2) is 11.8 Å². The zero-order chi connectivity index (χ0) is 17.8. The lowest BCUT2D eigenvalue weighted by Crippen LogP contribution is -2.13. The fourth-order valence-corrected chi connectivity index (χ4v) is 2.54. The van der Waals surface area contributed by atoms with Crippen molar-refractivity contribution in [1.29, 1.82) is 0 Å². The molecule has 2 amide bonds. The van der Waals surface area contributed by atoms with E-state index in [1.807, 2.05) is 0 Å². The molecule has 0 radical (unpaired) electrons. The van der Waals surface area contributed by atoms with Gasteiger partial charge in [-0.25, -0.2) is 0 Å². The Morgan fingerprint density at radius 2 is 1.72 bits per heavy atom. The fourth-order valence-electron chi connectivity index (χ4n) is 2.12. The molecule has 0 saturated heterocycles. The van der Waals surface area contributed by atoms with Gasteiger partial charge < -0.3 is 15.1 Å². The van der Waals surface area contributed by atoms with Gasteiger partial charge in [-0.15, -0.1) is 0 Å². The van der Waals surface area contributed by atoms with Crippen LogP contribution in [0, 0.1) is 0 Å². The summed E-state index contributed by atoms with van der Waals surface area (Å²) in [5.41, 5.74) is 1.33. The maximum absolute atomic E-state index is 12.2. The SMILES string of the molecule is O=C(Nc1ccc(NC(=O)c2ccco2)c(Cl)c1)c1cccc(Cl)c1. The molecule has 25 heavy (non-hydrogen) atoms. The Kier molecular flexibility index (Phi) is 5.07. The van der Waals surface area contributed by atoms with Crippen LogP contribution in [0.1, 0.15) is 20.9 Å². The Morgan fingerprint density at radius 1 is 0.880 bits per heavy atom. The minimum absolute atomic E-state index is 0.175. The summed E-state index contributed by atoms with van der Waals surface area (Å²) in [5.74, 6) is -0.553. The molecule has 2 aromatic carbocycles. The van der Waals surface area contributed by atoms with Gasteiger partial charge >= 0.3 is 0 Å². The molecule has 0 aliphatic rings. The molecule has 3 rings (SSSR count). The molecule has 0 fully saturated rings. The molecule has 5 nitrogen and oxygen atoms in total. The van der Waals surface area contributed by atoms with Gasteiger partial charge in [0.05, 0.1) is 17.0 Å². The third kappa shape index (κ3) is 4.21. The van der Waals surface area contributed by atoms with Crippen molar-refractivity contribution in [3.8, 4) is 0 Å². The summed E-state index contributed by atoms with van der Waals surface area (Å²) in [6.45, 7) is 0. The van der Waals surface area contributed by atoms with Crippen molar-refractivity contribution >= 4 is 46.4 Å². The molecule has 126 valence electrons. The van der Waals surface area contributed by atoms with Crippen molar-refractivity contribution in [2.75, 3.05) is 10.6 Å². The van der Waals surface area contributed by atoms with E-state index in [4.69, 9.17) is 27.6 Å². The molecule has 2 N–H and O–H groups in total. The standard InChI is InChI=1S/C18H12Cl2N2O3/c19-12-4-1-3-11(9-12)17(23)21-13-6-7-15(14(20)10-13)22-18(24)16-5-2-8-25-16/h1-10H,(H,21,23)(H,22,24). The number of rotatable bonds is 4. The Morgan fingerprint density at radius 3 is 2.40 bits per heavy atom. The van der Waals surface area contributed by atoms with Gasteiger partial charge in [-0.05, 0) is 48.5 Å². The number of benzene rings is 2. The Labute approximate surface area is 153 Å². The maximum atomic E-state index is 12.2. The summed E-state index contributed by atoms with van der Waals surface area (Å²) in [7, 11) is 0. The minimum atomic E-state index is -0.414. The predicted octanol–water partition coefficient (Wildman–Crippen LogP) is 5.09. The van der Waals surface area contributed by atoms with Crippen LogP contribution in [0.2, 0.25) is 10.0 Å². The minimum Gasteiger partial charge on any atom is -0.459 e. The number of carbonyl (C=O) groups is 2. The van der Waals surface area contributed by atoms with Gasteiger partial charge in [-0.1, -0.05) is 29.3 Å². The molecule has 0 bridgehead atoms. The Bertz CT molecular complexity index is 924. The van der Waals surface area contributed by atoms with Crippen molar-refractivity contribution in [3.63, 3.8) is 0 Å². The molecule has 0 spiro atoms. The second-order valence-electron chi connectivity index (χ2n) is 5.09. The molecule has 0 aliphatic heterocycles. The van der Waals surface area contributed by atoms with E-state index < -0.39 is 5.91 Å². The summed E-state index contributed by atoms with van der Waals surface area (Å²) in [5, 5.41) is 6.11. The first-order chi connectivity index (χ1) is 12.0. The van der Waals surface area contributed by atoms with E-state index in [0.717, 1.165) is 0 Å². The summed E-state index contributed by atoms with van der Waals surface area (Å²) < 4.78 is 5.02. The van der Waals surface area contributed by atoms with Gasteiger partial charge in [0.25, 0.3) is 11.8 Å². The number of amides is 2. The van der Waals surface area contributed by atoms with Gasteiger partial charge in [0.2, 0.25) is 0 Å². The van der Waals surface area contributed by atoms with Crippen molar-refractivity contribution < 1.29 is 14.0 Å². The quantitative estimate of drug-likeness (QED) is 0.667. The molecule has 0 saturated carbocycles. The highest BCUT2D eigenvalue weighted by molar-refractivity contribution is 6.34. The molecule has 0 unspecified atom stereocenters. The Balaban J connectivity index is 1.71. The third-order valence-corrected chi connectivity index (χ3v) is 3.85. The van der Waals surface area contributed by atoms with E-state index in [1.165, 1.54) is 6.26 Å². The lowest BCUT2D eigenvalue weighted by atomic mass is 10.2. The normalized spacial score (nSPS) is 10.3. The van der Waals surface area contributed by atoms with Gasteiger partial charge in [0.15, 0.2) is 5.76 Å². The van der Waals surface area contributed by atoms with Gasteiger partial charge in [-0.3, -0.25) is 9.59 Å². The van der Waals surface area contributed by atoms with Crippen LogP contribution in [0.3, 0.4) is 0 Å². The zero-order valence-corrected chi connectivity index (χ0v) is 14.3. The summed E-state index contributed by atoms with van der Waals surface area (Å²) in [6, 6.07) is 14.5. The highest BCUT2D eigenvalue weighted by Crippen LogP contribution is 2.26. The highest BCUT2D eigenvalue weighted by atomic mass is 35.5. The topological polar surface area (TPSA) is 71.3 Å². The van der Waals surface area contributed by atoms with Crippen molar-refractivity contribution in [3.05, 3.63) is 82.2 Å². The van der Waals surface area contributed by atoms with Crippen LogP contribution >= 0.6 is 23.2 Å². The molecule has 3 aromatic rings. The molecule has 7 heteroatoms. The second kappa shape index (κ2) is 7.42. The van der Waals surface area contributed by atoms with Crippen LogP contribution in [0.5, 0.6) is 0 Å². The van der Waals surface area contributed by atoms with Crippen molar-refractivity contribution in [1.82, 2.24) is 0 Å². The van der Waals surface area contributed by atoms with Crippen LogP contribution in [-0.2, 0) is 0 Å².